The van der Waals surface area contributed by atoms with Crippen LogP contribution in [0.3, 0.4) is 0 Å². The minimum atomic E-state index is 0.381. The number of benzene rings is 2. The molecule has 0 aliphatic heterocycles. The van der Waals surface area contributed by atoms with Gasteiger partial charge in [-0.25, -0.2) is 0 Å². The molecule has 0 heterocycles. The van der Waals surface area contributed by atoms with Crippen molar-refractivity contribution in [2.24, 2.45) is 0 Å². The van der Waals surface area contributed by atoms with Gasteiger partial charge in [0, 0.05) is 16.6 Å². The Labute approximate surface area is 167 Å². The Balaban J connectivity index is 2.18. The summed E-state index contributed by atoms with van der Waals surface area (Å²) < 4.78 is 12.5. The van der Waals surface area contributed by atoms with Crippen molar-refractivity contribution in [3.05, 3.63) is 56.0 Å². The second-order valence-electron chi connectivity index (χ2n) is 5.62. The fraction of sp³-hybridized carbons (Fsp3) is 0.368. The molecular formula is C19H22BrCl2NO2. The third kappa shape index (κ3) is 5.78. The zero-order valence-corrected chi connectivity index (χ0v) is 17.5. The molecule has 0 saturated carbocycles. The van der Waals surface area contributed by atoms with E-state index in [0.29, 0.717) is 28.9 Å². The number of unbranched alkanes of at least 4 members (excludes halogenated alkanes) is 1. The van der Waals surface area contributed by atoms with Gasteiger partial charge in [-0.1, -0.05) is 58.5 Å². The van der Waals surface area contributed by atoms with Crippen molar-refractivity contribution in [2.45, 2.75) is 32.9 Å². The second-order valence-corrected chi connectivity index (χ2v) is 7.29. The lowest BCUT2D eigenvalue weighted by molar-refractivity contribution is 0.280. The molecule has 0 fully saturated rings. The van der Waals surface area contributed by atoms with E-state index in [1.54, 1.807) is 13.2 Å². The van der Waals surface area contributed by atoms with E-state index in [2.05, 4.69) is 28.2 Å². The highest BCUT2D eigenvalue weighted by Crippen LogP contribution is 2.37. The van der Waals surface area contributed by atoms with Crippen molar-refractivity contribution in [1.82, 2.24) is 5.32 Å². The molecule has 1 N–H and O–H groups in total. The first kappa shape index (κ1) is 20.4. The lowest BCUT2D eigenvalue weighted by atomic mass is 10.1. The molecule has 0 atom stereocenters. The molecule has 0 aliphatic carbocycles. The zero-order valence-electron chi connectivity index (χ0n) is 14.4. The van der Waals surface area contributed by atoms with Gasteiger partial charge in [-0.3, -0.25) is 0 Å². The highest BCUT2D eigenvalue weighted by molar-refractivity contribution is 9.10. The monoisotopic (exact) mass is 445 g/mol. The summed E-state index contributed by atoms with van der Waals surface area (Å²) in [5.41, 5.74) is 1.98. The molecule has 3 nitrogen and oxygen atoms in total. The van der Waals surface area contributed by atoms with Gasteiger partial charge in [-0.05, 0) is 42.8 Å². The third-order valence-electron chi connectivity index (χ3n) is 3.76. The summed E-state index contributed by atoms with van der Waals surface area (Å²) in [5, 5.41) is 4.50. The highest BCUT2D eigenvalue weighted by Gasteiger charge is 2.15. The Morgan fingerprint density at radius 2 is 1.92 bits per heavy atom. The van der Waals surface area contributed by atoms with Crippen LogP contribution in [-0.2, 0) is 13.2 Å². The van der Waals surface area contributed by atoms with Crippen molar-refractivity contribution < 1.29 is 9.47 Å². The normalized spacial score (nSPS) is 10.8. The van der Waals surface area contributed by atoms with E-state index in [-0.39, 0.29) is 0 Å². The molecule has 0 spiro atoms. The smallest absolute Gasteiger partial charge is 0.167 e. The maximum absolute atomic E-state index is 6.08. The Bertz CT molecular complexity index is 710. The molecule has 0 aliphatic rings. The van der Waals surface area contributed by atoms with Crippen LogP contribution in [0.5, 0.6) is 11.5 Å². The standard InChI is InChI=1S/C19H22BrCl2NO2/c1-3-4-9-23-11-14-15(20)6-8-18(24-2)19(14)25-12-13-5-7-16(21)17(22)10-13/h5-8,10,23H,3-4,9,11-12H2,1-2H3. The minimum Gasteiger partial charge on any atom is -0.493 e. The number of nitrogens with one attached hydrogen (secondary N) is 1. The number of methoxy groups -OCH3 is 1. The van der Waals surface area contributed by atoms with Crippen molar-refractivity contribution >= 4 is 39.1 Å². The van der Waals surface area contributed by atoms with E-state index < -0.39 is 0 Å². The summed E-state index contributed by atoms with van der Waals surface area (Å²) in [5.74, 6) is 1.43. The number of halogens is 3. The van der Waals surface area contributed by atoms with Gasteiger partial charge in [0.05, 0.1) is 17.2 Å². The van der Waals surface area contributed by atoms with E-state index in [1.807, 2.05) is 24.3 Å². The molecule has 25 heavy (non-hydrogen) atoms. The molecule has 2 aromatic rings. The quantitative estimate of drug-likeness (QED) is 0.463. The largest absolute Gasteiger partial charge is 0.493 e. The van der Waals surface area contributed by atoms with Gasteiger partial charge in [-0.2, -0.15) is 0 Å². The Morgan fingerprint density at radius 3 is 2.60 bits per heavy atom. The molecular weight excluding hydrogens is 425 g/mol. The van der Waals surface area contributed by atoms with Gasteiger partial charge < -0.3 is 14.8 Å². The van der Waals surface area contributed by atoms with Crippen LogP contribution in [0.1, 0.15) is 30.9 Å². The molecule has 0 aromatic heterocycles. The first-order chi connectivity index (χ1) is 12.1. The van der Waals surface area contributed by atoms with Crippen molar-refractivity contribution in [2.75, 3.05) is 13.7 Å². The Kier molecular flexibility index (Phi) is 8.37. The molecule has 0 unspecified atom stereocenters. The van der Waals surface area contributed by atoms with Crippen LogP contribution in [0.25, 0.3) is 0 Å². The predicted molar refractivity (Wildman–Crippen MR) is 108 cm³/mol. The van der Waals surface area contributed by atoms with E-state index >= 15 is 0 Å². The average Bonchev–Trinajstić information content (AvgIpc) is 2.61. The fourth-order valence-corrected chi connectivity index (χ4v) is 3.14. The van der Waals surface area contributed by atoms with Crippen LogP contribution < -0.4 is 14.8 Å². The van der Waals surface area contributed by atoms with Crippen molar-refractivity contribution in [3.63, 3.8) is 0 Å². The first-order valence-electron chi connectivity index (χ1n) is 8.19. The average molecular weight is 447 g/mol. The number of rotatable bonds is 9. The molecule has 136 valence electrons. The van der Waals surface area contributed by atoms with Crippen LogP contribution >= 0.6 is 39.1 Å². The highest BCUT2D eigenvalue weighted by atomic mass is 79.9. The maximum atomic E-state index is 6.08. The SMILES string of the molecule is CCCCNCc1c(Br)ccc(OC)c1OCc1ccc(Cl)c(Cl)c1. The second kappa shape index (κ2) is 10.3. The Morgan fingerprint density at radius 1 is 1.12 bits per heavy atom. The molecule has 0 saturated heterocycles. The van der Waals surface area contributed by atoms with Crippen LogP contribution in [0, 0.1) is 0 Å². The van der Waals surface area contributed by atoms with E-state index in [4.69, 9.17) is 32.7 Å². The van der Waals surface area contributed by atoms with Crippen LogP contribution in [-0.4, -0.2) is 13.7 Å². The topological polar surface area (TPSA) is 30.5 Å². The van der Waals surface area contributed by atoms with Crippen LogP contribution in [0.2, 0.25) is 10.0 Å². The summed E-state index contributed by atoms with van der Waals surface area (Å²) in [6.45, 7) is 4.22. The Hall–Kier alpha value is -0.940. The molecule has 6 heteroatoms. The lowest BCUT2D eigenvalue weighted by Crippen LogP contribution is -2.16. The van der Waals surface area contributed by atoms with E-state index in [9.17, 15) is 0 Å². The van der Waals surface area contributed by atoms with Gasteiger partial charge >= 0.3 is 0 Å². The molecule has 0 radical (unpaired) electrons. The minimum absolute atomic E-state index is 0.381. The van der Waals surface area contributed by atoms with Gasteiger partial charge in [0.25, 0.3) is 0 Å². The molecule has 0 amide bonds. The van der Waals surface area contributed by atoms with Gasteiger partial charge in [0.15, 0.2) is 11.5 Å². The maximum Gasteiger partial charge on any atom is 0.167 e. The van der Waals surface area contributed by atoms with E-state index in [1.165, 1.54) is 0 Å². The van der Waals surface area contributed by atoms with Crippen LogP contribution in [0.15, 0.2) is 34.8 Å². The first-order valence-corrected chi connectivity index (χ1v) is 9.74. The number of hydrogen-bond acceptors (Lipinski definition) is 3. The summed E-state index contributed by atoms with van der Waals surface area (Å²) >= 11 is 15.7. The van der Waals surface area contributed by atoms with Gasteiger partial charge in [0.1, 0.15) is 6.61 Å². The summed E-state index contributed by atoms with van der Waals surface area (Å²) in [6, 6.07) is 9.35. The molecule has 0 bridgehead atoms. The summed E-state index contributed by atoms with van der Waals surface area (Å²) in [4.78, 5) is 0. The van der Waals surface area contributed by atoms with Gasteiger partial charge in [-0.15, -0.1) is 0 Å². The summed E-state index contributed by atoms with van der Waals surface area (Å²) in [6.07, 6.45) is 2.30. The molecule has 2 rings (SSSR count). The number of ether oxygens (including phenoxy) is 2. The zero-order chi connectivity index (χ0) is 18.2. The fourth-order valence-electron chi connectivity index (χ4n) is 2.37. The third-order valence-corrected chi connectivity index (χ3v) is 5.25. The van der Waals surface area contributed by atoms with E-state index in [0.717, 1.165) is 40.7 Å². The lowest BCUT2D eigenvalue weighted by Gasteiger charge is -2.17. The predicted octanol–water partition coefficient (Wildman–Crippen LogP) is 6.23. The van der Waals surface area contributed by atoms with Crippen LogP contribution in [0.4, 0.5) is 0 Å². The van der Waals surface area contributed by atoms with Crippen molar-refractivity contribution in [3.8, 4) is 11.5 Å². The van der Waals surface area contributed by atoms with Gasteiger partial charge in [0.2, 0.25) is 0 Å². The number of hydrogen-bond donors (Lipinski definition) is 1. The molecule has 2 aromatic carbocycles. The van der Waals surface area contributed by atoms with Crippen molar-refractivity contribution in [1.29, 1.82) is 0 Å². The summed E-state index contributed by atoms with van der Waals surface area (Å²) in [7, 11) is 1.64.